The number of cyclic esters (lactones) is 1. The lowest BCUT2D eigenvalue weighted by Gasteiger charge is -2.60. The van der Waals surface area contributed by atoms with Gasteiger partial charge < -0.3 is 20.7 Å². The van der Waals surface area contributed by atoms with Gasteiger partial charge in [0.25, 0.3) is 0 Å². The third kappa shape index (κ3) is 2.86. The van der Waals surface area contributed by atoms with Gasteiger partial charge in [-0.15, -0.1) is 0 Å². The van der Waals surface area contributed by atoms with Crippen LogP contribution in [0.3, 0.4) is 0 Å². The van der Waals surface area contributed by atoms with Crippen molar-refractivity contribution in [2.45, 2.75) is 64.7 Å². The average Bonchev–Trinajstić information content (AvgIpc) is 2.86. The first-order chi connectivity index (χ1) is 11.6. The molecule has 1 aliphatic heterocycles. The van der Waals surface area contributed by atoms with Crippen LogP contribution in [0, 0.1) is 22.7 Å². The zero-order valence-electron chi connectivity index (χ0n) is 15.5. The van der Waals surface area contributed by atoms with Crippen LogP contribution in [0.4, 0.5) is 0 Å². The number of aliphatic hydroxyl groups is 2. The van der Waals surface area contributed by atoms with Crippen molar-refractivity contribution in [2.75, 3.05) is 6.61 Å². The van der Waals surface area contributed by atoms with Crippen molar-refractivity contribution in [1.29, 1.82) is 0 Å². The first-order valence-electron chi connectivity index (χ1n) is 9.26. The van der Waals surface area contributed by atoms with Crippen LogP contribution in [0.5, 0.6) is 0 Å². The Hall–Kier alpha value is -1.17. The molecule has 5 heteroatoms. The lowest BCUT2D eigenvalue weighted by Crippen LogP contribution is -2.58. The van der Waals surface area contributed by atoms with E-state index in [0.29, 0.717) is 12.0 Å². The Morgan fingerprint density at radius 1 is 1.36 bits per heavy atom. The standard InChI is InChI=1S/C20H31NO4/c1-11-13(6-5-12-15(22)10-25-18(12)24)20(4)8-7-17(23)19(2,3)16(20)9-14(11)21/h5,13-17,22-23H,1,6-10,21H2,2-4H3/b12-5+/t13?,14?,15-,16?,17-,20-/m1/s1. The number of nitrogens with two attached hydrogens (primary N) is 1. The first-order valence-corrected chi connectivity index (χ1v) is 9.26. The maximum atomic E-state index is 11.8. The zero-order chi connectivity index (χ0) is 18.6. The smallest absolute Gasteiger partial charge is 0.336 e. The van der Waals surface area contributed by atoms with Crippen LogP contribution in [0.1, 0.15) is 46.5 Å². The minimum atomic E-state index is -0.841. The van der Waals surface area contributed by atoms with Crippen molar-refractivity contribution in [3.05, 3.63) is 23.8 Å². The van der Waals surface area contributed by atoms with E-state index in [1.807, 2.05) is 6.08 Å². The number of hydrogen-bond donors (Lipinski definition) is 3. The summed E-state index contributed by atoms with van der Waals surface area (Å²) in [6.07, 6.45) is 3.77. The number of aliphatic hydroxyl groups excluding tert-OH is 2. The molecular weight excluding hydrogens is 318 g/mol. The molecule has 1 heterocycles. The highest BCUT2D eigenvalue weighted by atomic mass is 16.6. The number of carbonyl (C=O) groups is 1. The summed E-state index contributed by atoms with van der Waals surface area (Å²) in [7, 11) is 0. The molecule has 3 aliphatic rings. The highest BCUT2D eigenvalue weighted by Crippen LogP contribution is 2.61. The SMILES string of the molecule is C=C1C(N)CC2C(C)(C)[C@H](O)CC[C@]2(C)C1C/C=C1/C(=O)OC[C@H]1O. The van der Waals surface area contributed by atoms with E-state index < -0.39 is 12.1 Å². The van der Waals surface area contributed by atoms with Crippen molar-refractivity contribution in [1.82, 2.24) is 0 Å². The molecule has 3 fully saturated rings. The van der Waals surface area contributed by atoms with Crippen molar-refractivity contribution in [2.24, 2.45) is 28.4 Å². The van der Waals surface area contributed by atoms with Gasteiger partial charge in [0, 0.05) is 6.04 Å². The van der Waals surface area contributed by atoms with Gasteiger partial charge in [0.2, 0.25) is 0 Å². The monoisotopic (exact) mass is 349 g/mol. The minimum absolute atomic E-state index is 0.0276. The van der Waals surface area contributed by atoms with Gasteiger partial charge in [-0.3, -0.25) is 0 Å². The van der Waals surface area contributed by atoms with E-state index in [-0.39, 0.29) is 41.4 Å². The molecule has 2 saturated carbocycles. The lowest BCUT2D eigenvalue weighted by molar-refractivity contribution is -0.135. The Bertz CT molecular complexity index is 611. The van der Waals surface area contributed by atoms with Crippen molar-refractivity contribution >= 4 is 5.97 Å². The van der Waals surface area contributed by atoms with E-state index in [1.165, 1.54) is 0 Å². The molecule has 0 spiro atoms. The van der Waals surface area contributed by atoms with Crippen LogP contribution >= 0.6 is 0 Å². The van der Waals surface area contributed by atoms with Crippen LogP contribution < -0.4 is 5.73 Å². The van der Waals surface area contributed by atoms with Gasteiger partial charge in [-0.1, -0.05) is 39.0 Å². The van der Waals surface area contributed by atoms with Crippen LogP contribution in [0.15, 0.2) is 23.8 Å². The molecule has 0 aromatic heterocycles. The quantitative estimate of drug-likeness (QED) is 0.402. The predicted octanol–water partition coefficient (Wildman–Crippen LogP) is 1.93. The van der Waals surface area contributed by atoms with Crippen molar-refractivity contribution in [3.8, 4) is 0 Å². The summed E-state index contributed by atoms with van der Waals surface area (Å²) >= 11 is 0. The maximum absolute atomic E-state index is 11.8. The zero-order valence-corrected chi connectivity index (χ0v) is 15.5. The number of hydrogen-bond acceptors (Lipinski definition) is 5. The van der Waals surface area contributed by atoms with Gasteiger partial charge in [-0.2, -0.15) is 0 Å². The topological polar surface area (TPSA) is 92.8 Å². The summed E-state index contributed by atoms with van der Waals surface area (Å²) in [5, 5.41) is 20.5. The molecule has 5 nitrogen and oxygen atoms in total. The Morgan fingerprint density at radius 3 is 2.64 bits per heavy atom. The largest absolute Gasteiger partial charge is 0.459 e. The number of fused-ring (bicyclic) bond motifs is 1. The summed E-state index contributed by atoms with van der Waals surface area (Å²) < 4.78 is 4.91. The van der Waals surface area contributed by atoms with Crippen LogP contribution in [0.25, 0.3) is 0 Å². The second kappa shape index (κ2) is 6.22. The molecule has 0 bridgehead atoms. The molecule has 4 N–H and O–H groups in total. The van der Waals surface area contributed by atoms with Gasteiger partial charge in [0.15, 0.2) is 0 Å². The molecule has 0 amide bonds. The van der Waals surface area contributed by atoms with Gasteiger partial charge in [-0.25, -0.2) is 4.79 Å². The van der Waals surface area contributed by atoms with Crippen molar-refractivity contribution in [3.63, 3.8) is 0 Å². The van der Waals surface area contributed by atoms with Gasteiger partial charge in [-0.05, 0) is 48.3 Å². The van der Waals surface area contributed by atoms with Gasteiger partial charge in [0.05, 0.1) is 11.7 Å². The molecule has 0 aromatic rings. The molecule has 3 rings (SSSR count). The molecule has 3 unspecified atom stereocenters. The predicted molar refractivity (Wildman–Crippen MR) is 95.5 cm³/mol. The van der Waals surface area contributed by atoms with Crippen LogP contribution in [-0.4, -0.2) is 41.0 Å². The number of ether oxygens (including phenoxy) is 1. The van der Waals surface area contributed by atoms with E-state index in [2.05, 4.69) is 27.4 Å². The van der Waals surface area contributed by atoms with E-state index in [4.69, 9.17) is 10.5 Å². The Morgan fingerprint density at radius 2 is 2.04 bits per heavy atom. The van der Waals surface area contributed by atoms with Gasteiger partial charge in [0.1, 0.15) is 12.7 Å². The Balaban J connectivity index is 1.92. The number of rotatable bonds is 2. The van der Waals surface area contributed by atoms with Crippen molar-refractivity contribution < 1.29 is 19.7 Å². The summed E-state index contributed by atoms with van der Waals surface area (Å²) in [5.74, 6) is -0.0199. The fourth-order valence-corrected chi connectivity index (χ4v) is 5.50. The molecule has 2 aliphatic carbocycles. The molecule has 0 aromatic carbocycles. The molecule has 0 radical (unpaired) electrons. The second-order valence-electron chi connectivity index (χ2n) is 8.91. The highest BCUT2D eigenvalue weighted by molar-refractivity contribution is 5.91. The third-order valence-electron chi connectivity index (χ3n) is 7.26. The van der Waals surface area contributed by atoms with E-state index in [0.717, 1.165) is 24.8 Å². The summed E-state index contributed by atoms with van der Waals surface area (Å²) in [5.41, 5.74) is 7.53. The number of carbonyl (C=O) groups excluding carboxylic acids is 1. The highest BCUT2D eigenvalue weighted by Gasteiger charge is 2.57. The van der Waals surface area contributed by atoms with Crippen LogP contribution in [0.2, 0.25) is 0 Å². The molecule has 25 heavy (non-hydrogen) atoms. The maximum Gasteiger partial charge on any atom is 0.336 e. The van der Waals surface area contributed by atoms with Crippen LogP contribution in [-0.2, 0) is 9.53 Å². The molecular formula is C20H31NO4. The summed E-state index contributed by atoms with van der Waals surface area (Å²) in [6.45, 7) is 10.8. The normalized spacial score (nSPS) is 45.4. The number of esters is 1. The molecule has 140 valence electrons. The lowest BCUT2D eigenvalue weighted by atomic mass is 9.45. The van der Waals surface area contributed by atoms with E-state index in [1.54, 1.807) is 0 Å². The summed E-state index contributed by atoms with van der Waals surface area (Å²) in [6, 6.07) is -0.105. The fourth-order valence-electron chi connectivity index (χ4n) is 5.50. The average molecular weight is 349 g/mol. The Labute approximate surface area is 149 Å². The van der Waals surface area contributed by atoms with Gasteiger partial charge >= 0.3 is 5.97 Å². The first kappa shape index (κ1) is 18.6. The minimum Gasteiger partial charge on any atom is -0.459 e. The van der Waals surface area contributed by atoms with E-state index >= 15 is 0 Å². The third-order valence-corrected chi connectivity index (χ3v) is 7.26. The fraction of sp³-hybridized carbons (Fsp3) is 0.750. The number of allylic oxidation sites excluding steroid dienone is 1. The van der Waals surface area contributed by atoms with E-state index in [9.17, 15) is 15.0 Å². The molecule has 6 atom stereocenters. The second-order valence-corrected chi connectivity index (χ2v) is 8.91. The Kier molecular flexibility index (Phi) is 4.63. The molecule has 1 saturated heterocycles. The summed E-state index contributed by atoms with van der Waals surface area (Å²) in [4.78, 5) is 11.8.